The van der Waals surface area contributed by atoms with E-state index < -0.39 is 9.04 Å². The summed E-state index contributed by atoms with van der Waals surface area (Å²) in [6.45, 7) is 9.00. The minimum Gasteiger partial charge on any atom is -0.537 e. The van der Waals surface area contributed by atoms with Gasteiger partial charge in [0.15, 0.2) is 0 Å². The SMILES string of the molecule is Cc1c(CBr)c(O[SiH](c2ccccc2)c2ccccc2)cc2cc(C(C)(C)C)ccc12. The third-order valence-electron chi connectivity index (χ3n) is 5.94. The van der Waals surface area contributed by atoms with E-state index in [0.29, 0.717) is 0 Å². The first-order valence-electron chi connectivity index (χ1n) is 10.8. The van der Waals surface area contributed by atoms with E-state index in [1.54, 1.807) is 0 Å². The highest BCUT2D eigenvalue weighted by Gasteiger charge is 2.22. The minimum absolute atomic E-state index is 0.114. The second-order valence-electron chi connectivity index (χ2n) is 9.12. The molecule has 0 aliphatic heterocycles. The van der Waals surface area contributed by atoms with Crippen LogP contribution in [0.15, 0.2) is 84.9 Å². The molecule has 0 aliphatic rings. The summed E-state index contributed by atoms with van der Waals surface area (Å²) in [6.07, 6.45) is 0. The van der Waals surface area contributed by atoms with E-state index in [1.165, 1.54) is 37.8 Å². The molecule has 31 heavy (non-hydrogen) atoms. The second kappa shape index (κ2) is 9.02. The Bertz CT molecular complexity index is 1140. The van der Waals surface area contributed by atoms with Crippen molar-refractivity contribution in [2.45, 2.75) is 38.4 Å². The van der Waals surface area contributed by atoms with Crippen LogP contribution in [0.2, 0.25) is 0 Å². The highest BCUT2D eigenvalue weighted by Crippen LogP contribution is 2.35. The first-order valence-corrected chi connectivity index (χ1v) is 13.5. The quantitative estimate of drug-likeness (QED) is 0.238. The number of aryl methyl sites for hydroxylation is 1. The maximum Gasteiger partial charge on any atom is 0.299 e. The van der Waals surface area contributed by atoms with Crippen molar-refractivity contribution in [1.29, 1.82) is 0 Å². The fourth-order valence-corrected chi connectivity index (χ4v) is 7.01. The van der Waals surface area contributed by atoms with Crippen molar-refractivity contribution < 1.29 is 4.43 Å². The zero-order valence-corrected chi connectivity index (χ0v) is 21.4. The lowest BCUT2D eigenvalue weighted by Gasteiger charge is -2.24. The van der Waals surface area contributed by atoms with E-state index >= 15 is 0 Å². The number of hydrogen-bond acceptors (Lipinski definition) is 1. The van der Waals surface area contributed by atoms with Crippen LogP contribution in [-0.4, -0.2) is 9.04 Å². The Morgan fingerprint density at radius 1 is 0.806 bits per heavy atom. The first kappa shape index (κ1) is 21.9. The van der Waals surface area contributed by atoms with E-state index in [1.807, 2.05) is 0 Å². The van der Waals surface area contributed by atoms with Crippen LogP contribution in [0.4, 0.5) is 0 Å². The van der Waals surface area contributed by atoms with Gasteiger partial charge in [0, 0.05) is 10.9 Å². The Kier molecular flexibility index (Phi) is 6.36. The smallest absolute Gasteiger partial charge is 0.299 e. The van der Waals surface area contributed by atoms with Crippen molar-refractivity contribution in [3.8, 4) is 5.75 Å². The first-order chi connectivity index (χ1) is 14.9. The van der Waals surface area contributed by atoms with Gasteiger partial charge in [0.2, 0.25) is 0 Å². The van der Waals surface area contributed by atoms with Gasteiger partial charge in [0.25, 0.3) is 9.04 Å². The fourth-order valence-electron chi connectivity index (χ4n) is 4.05. The molecule has 0 heterocycles. The van der Waals surface area contributed by atoms with Crippen LogP contribution < -0.4 is 14.8 Å². The molecule has 0 atom stereocenters. The van der Waals surface area contributed by atoms with Gasteiger partial charge < -0.3 is 4.43 Å². The van der Waals surface area contributed by atoms with Crippen molar-refractivity contribution in [3.05, 3.63) is 102 Å². The Morgan fingerprint density at radius 3 is 1.90 bits per heavy atom. The van der Waals surface area contributed by atoms with Gasteiger partial charge in [0.05, 0.1) is 0 Å². The van der Waals surface area contributed by atoms with Crippen molar-refractivity contribution in [2.24, 2.45) is 0 Å². The lowest BCUT2D eigenvalue weighted by Crippen LogP contribution is -2.47. The number of benzene rings is 4. The van der Waals surface area contributed by atoms with Gasteiger partial charge in [-0.05, 0) is 50.7 Å². The molecule has 4 rings (SSSR count). The predicted octanol–water partition coefficient (Wildman–Crippen LogP) is 6.26. The molecule has 4 aromatic carbocycles. The highest BCUT2D eigenvalue weighted by molar-refractivity contribution is 9.08. The Labute approximate surface area is 195 Å². The van der Waals surface area contributed by atoms with Gasteiger partial charge in [-0.2, -0.15) is 0 Å². The molecule has 0 saturated carbocycles. The molecule has 0 fully saturated rings. The van der Waals surface area contributed by atoms with Crippen molar-refractivity contribution in [1.82, 2.24) is 0 Å². The maximum absolute atomic E-state index is 6.93. The second-order valence-corrected chi connectivity index (χ2v) is 12.0. The van der Waals surface area contributed by atoms with Gasteiger partial charge in [-0.25, -0.2) is 0 Å². The molecule has 158 valence electrons. The molecule has 1 nitrogen and oxygen atoms in total. The molecular weight excluding hydrogens is 460 g/mol. The molecule has 0 bridgehead atoms. The zero-order chi connectivity index (χ0) is 22.0. The van der Waals surface area contributed by atoms with Crippen LogP contribution >= 0.6 is 15.9 Å². The van der Waals surface area contributed by atoms with Crippen molar-refractivity contribution in [3.63, 3.8) is 0 Å². The number of fused-ring (bicyclic) bond motifs is 1. The molecule has 0 saturated heterocycles. The summed E-state index contributed by atoms with van der Waals surface area (Å²) in [6, 6.07) is 30.5. The molecule has 0 radical (unpaired) electrons. The molecule has 0 unspecified atom stereocenters. The van der Waals surface area contributed by atoms with Gasteiger partial charge in [-0.3, -0.25) is 0 Å². The number of halogens is 1. The van der Waals surface area contributed by atoms with Gasteiger partial charge in [-0.15, -0.1) is 0 Å². The van der Waals surface area contributed by atoms with Crippen LogP contribution in [0.5, 0.6) is 5.75 Å². The van der Waals surface area contributed by atoms with E-state index in [4.69, 9.17) is 4.43 Å². The standard InChI is InChI=1S/C28H29BrOSi/c1-20-25-16-15-22(28(2,3)4)17-21(25)18-27(26(20)19-29)30-31(23-11-7-5-8-12-23)24-13-9-6-10-14-24/h5-18,31H,19H2,1-4H3. The molecule has 0 amide bonds. The molecule has 0 spiro atoms. The van der Waals surface area contributed by atoms with Crippen LogP contribution in [0.1, 0.15) is 37.5 Å². The third-order valence-corrected chi connectivity index (χ3v) is 8.97. The summed E-state index contributed by atoms with van der Waals surface area (Å²) in [5.74, 6) is 0.998. The van der Waals surface area contributed by atoms with E-state index in [9.17, 15) is 0 Å². The molecule has 0 N–H and O–H groups in total. The average Bonchev–Trinajstić information content (AvgIpc) is 2.78. The van der Waals surface area contributed by atoms with Crippen LogP contribution in [-0.2, 0) is 10.7 Å². The summed E-state index contributed by atoms with van der Waals surface area (Å²) >= 11 is 3.73. The van der Waals surface area contributed by atoms with E-state index in [0.717, 1.165) is 11.1 Å². The minimum atomic E-state index is -1.89. The molecule has 0 aromatic heterocycles. The van der Waals surface area contributed by atoms with Crippen LogP contribution in [0.3, 0.4) is 0 Å². The maximum atomic E-state index is 6.93. The largest absolute Gasteiger partial charge is 0.537 e. The van der Waals surface area contributed by atoms with Gasteiger partial charge >= 0.3 is 0 Å². The zero-order valence-electron chi connectivity index (χ0n) is 18.7. The molecule has 4 aromatic rings. The average molecular weight is 490 g/mol. The monoisotopic (exact) mass is 488 g/mol. The number of rotatable bonds is 5. The molecular formula is C28H29BrOSi. The van der Waals surface area contributed by atoms with Crippen LogP contribution in [0.25, 0.3) is 10.8 Å². The number of alkyl halides is 1. The van der Waals surface area contributed by atoms with Gasteiger partial charge in [0.1, 0.15) is 5.75 Å². The Hall–Kier alpha value is -2.36. The molecule has 3 heteroatoms. The van der Waals surface area contributed by atoms with E-state index in [2.05, 4.69) is 129 Å². The van der Waals surface area contributed by atoms with Gasteiger partial charge in [-0.1, -0.05) is 116 Å². The highest BCUT2D eigenvalue weighted by atomic mass is 79.9. The Morgan fingerprint density at radius 2 is 1.39 bits per heavy atom. The van der Waals surface area contributed by atoms with E-state index in [-0.39, 0.29) is 5.41 Å². The summed E-state index contributed by atoms with van der Waals surface area (Å²) in [4.78, 5) is 0. The fraction of sp³-hybridized carbons (Fsp3) is 0.214. The number of hydrogen-bond donors (Lipinski definition) is 0. The summed E-state index contributed by atoms with van der Waals surface area (Å²) < 4.78 is 6.93. The normalized spacial score (nSPS) is 11.8. The lowest BCUT2D eigenvalue weighted by atomic mass is 9.85. The molecule has 0 aliphatic carbocycles. The van der Waals surface area contributed by atoms with Crippen LogP contribution in [0, 0.1) is 6.92 Å². The summed E-state index contributed by atoms with van der Waals surface area (Å²) in [5.41, 5.74) is 3.98. The van der Waals surface area contributed by atoms with Crippen molar-refractivity contribution in [2.75, 3.05) is 0 Å². The topological polar surface area (TPSA) is 9.23 Å². The Balaban J connectivity index is 1.86. The predicted molar refractivity (Wildman–Crippen MR) is 140 cm³/mol. The summed E-state index contributed by atoms with van der Waals surface area (Å²) in [5, 5.41) is 5.90. The summed E-state index contributed by atoms with van der Waals surface area (Å²) in [7, 11) is -1.89. The van der Waals surface area contributed by atoms with Crippen molar-refractivity contribution >= 4 is 46.1 Å². The lowest BCUT2D eigenvalue weighted by molar-refractivity contribution is 0.585. The third kappa shape index (κ3) is 4.63.